The van der Waals surface area contributed by atoms with Crippen molar-refractivity contribution in [2.24, 2.45) is 11.7 Å². The van der Waals surface area contributed by atoms with Crippen molar-refractivity contribution in [2.45, 2.75) is 24.8 Å². The number of carbonyl (C=O) groups excluding carboxylic acids is 1. The minimum Gasteiger partial charge on any atom is -0.481 e. The molecule has 0 bridgehead atoms. The van der Waals surface area contributed by atoms with E-state index in [1.807, 2.05) is 0 Å². The van der Waals surface area contributed by atoms with Crippen molar-refractivity contribution in [2.75, 3.05) is 26.3 Å². The van der Waals surface area contributed by atoms with E-state index >= 15 is 0 Å². The van der Waals surface area contributed by atoms with Gasteiger partial charge in [-0.2, -0.15) is 0 Å². The molecule has 6 nitrogen and oxygen atoms in total. The summed E-state index contributed by atoms with van der Waals surface area (Å²) in [4.78, 5) is 24.7. The summed E-state index contributed by atoms with van der Waals surface area (Å²) in [6.45, 7) is 1.78. The van der Waals surface area contributed by atoms with Crippen molar-refractivity contribution in [1.82, 2.24) is 4.90 Å². The third-order valence-corrected chi connectivity index (χ3v) is 3.64. The van der Waals surface area contributed by atoms with Crippen LogP contribution in [0.25, 0.3) is 0 Å². The maximum Gasteiger partial charge on any atom is 0.308 e. The van der Waals surface area contributed by atoms with E-state index < -0.39 is 17.4 Å². The summed E-state index contributed by atoms with van der Waals surface area (Å²) < 4.78 is 5.19. The Morgan fingerprint density at radius 2 is 2.00 bits per heavy atom. The standard InChI is InChI=1S/C11H18N2O4/c12-11(2-5-17-6-3-11)10(16)13-4-1-8(7-13)9(14)15/h8H,1-7,12H2,(H,14,15). The zero-order valence-electron chi connectivity index (χ0n) is 9.72. The van der Waals surface area contributed by atoms with Gasteiger partial charge in [0.1, 0.15) is 0 Å². The topological polar surface area (TPSA) is 92.9 Å². The lowest BCUT2D eigenvalue weighted by Gasteiger charge is -2.35. The van der Waals surface area contributed by atoms with E-state index in [-0.39, 0.29) is 12.5 Å². The Morgan fingerprint density at radius 3 is 2.53 bits per heavy atom. The van der Waals surface area contributed by atoms with Gasteiger partial charge < -0.3 is 20.5 Å². The fraction of sp³-hybridized carbons (Fsp3) is 0.818. The number of ether oxygens (including phenoxy) is 1. The second kappa shape index (κ2) is 4.62. The van der Waals surface area contributed by atoms with Gasteiger partial charge in [0.25, 0.3) is 0 Å². The Bertz CT molecular complexity index is 325. The second-order valence-corrected chi connectivity index (χ2v) is 4.84. The Kier molecular flexibility index (Phi) is 3.35. The maximum absolute atomic E-state index is 12.2. The van der Waals surface area contributed by atoms with Gasteiger partial charge in [0.15, 0.2) is 0 Å². The molecule has 0 aromatic heterocycles. The summed E-state index contributed by atoms with van der Waals surface area (Å²) in [6.07, 6.45) is 1.55. The minimum atomic E-state index is -0.856. The highest BCUT2D eigenvalue weighted by molar-refractivity contribution is 5.87. The first kappa shape index (κ1) is 12.3. The number of rotatable bonds is 2. The molecule has 0 saturated carbocycles. The van der Waals surface area contributed by atoms with Gasteiger partial charge >= 0.3 is 5.97 Å². The van der Waals surface area contributed by atoms with Crippen LogP contribution >= 0.6 is 0 Å². The van der Waals surface area contributed by atoms with Crippen LogP contribution in [0.3, 0.4) is 0 Å². The van der Waals surface area contributed by atoms with Crippen LogP contribution in [-0.4, -0.2) is 53.7 Å². The molecule has 2 aliphatic rings. The van der Waals surface area contributed by atoms with Gasteiger partial charge in [-0.15, -0.1) is 0 Å². The van der Waals surface area contributed by atoms with Gasteiger partial charge in [-0.1, -0.05) is 0 Å². The third kappa shape index (κ3) is 2.42. The van der Waals surface area contributed by atoms with Gasteiger partial charge in [0.05, 0.1) is 11.5 Å². The van der Waals surface area contributed by atoms with E-state index in [0.29, 0.717) is 39.0 Å². The average Bonchev–Trinajstić information content (AvgIpc) is 2.78. The van der Waals surface area contributed by atoms with E-state index in [1.54, 1.807) is 4.90 Å². The molecule has 1 amide bonds. The molecular weight excluding hydrogens is 224 g/mol. The van der Waals surface area contributed by atoms with Crippen LogP contribution in [0.15, 0.2) is 0 Å². The summed E-state index contributed by atoms with van der Waals surface area (Å²) in [5.74, 6) is -1.40. The van der Waals surface area contributed by atoms with E-state index in [0.717, 1.165) is 0 Å². The first-order valence-electron chi connectivity index (χ1n) is 5.92. The zero-order valence-corrected chi connectivity index (χ0v) is 9.72. The van der Waals surface area contributed by atoms with Crippen LogP contribution in [0.2, 0.25) is 0 Å². The molecule has 1 unspecified atom stereocenters. The Balaban J connectivity index is 1.98. The van der Waals surface area contributed by atoms with E-state index in [1.165, 1.54) is 0 Å². The summed E-state index contributed by atoms with van der Waals surface area (Å²) in [5, 5.41) is 8.90. The molecule has 2 saturated heterocycles. The minimum absolute atomic E-state index is 0.121. The fourth-order valence-corrected chi connectivity index (χ4v) is 2.41. The van der Waals surface area contributed by atoms with Crippen molar-refractivity contribution >= 4 is 11.9 Å². The lowest BCUT2D eigenvalue weighted by molar-refractivity contribution is -0.142. The lowest BCUT2D eigenvalue weighted by Crippen LogP contribution is -2.57. The van der Waals surface area contributed by atoms with Gasteiger partial charge in [-0.25, -0.2) is 0 Å². The smallest absolute Gasteiger partial charge is 0.308 e. The molecule has 6 heteroatoms. The van der Waals surface area contributed by atoms with Crippen molar-refractivity contribution in [3.05, 3.63) is 0 Å². The fourth-order valence-electron chi connectivity index (χ4n) is 2.41. The average molecular weight is 242 g/mol. The molecule has 0 radical (unpaired) electrons. The summed E-state index contributed by atoms with van der Waals surface area (Å²) in [7, 11) is 0. The predicted molar refractivity (Wildman–Crippen MR) is 59.3 cm³/mol. The van der Waals surface area contributed by atoms with Crippen LogP contribution in [0.1, 0.15) is 19.3 Å². The molecule has 0 aromatic rings. The highest BCUT2D eigenvalue weighted by Gasteiger charge is 2.42. The number of hydrogen-bond donors (Lipinski definition) is 2. The normalized spacial score (nSPS) is 28.1. The SMILES string of the molecule is NC1(C(=O)N2CCC(C(=O)O)C2)CCOCC1. The Hall–Kier alpha value is -1.14. The first-order valence-corrected chi connectivity index (χ1v) is 5.92. The summed E-state index contributed by atoms with van der Waals surface area (Å²) >= 11 is 0. The van der Waals surface area contributed by atoms with Crippen LogP contribution in [-0.2, 0) is 14.3 Å². The molecule has 0 aromatic carbocycles. The van der Waals surface area contributed by atoms with Crippen LogP contribution in [0.4, 0.5) is 0 Å². The number of nitrogens with two attached hydrogens (primary N) is 1. The number of nitrogens with zero attached hydrogens (tertiary/aromatic N) is 1. The number of carbonyl (C=O) groups is 2. The van der Waals surface area contributed by atoms with E-state index in [9.17, 15) is 9.59 Å². The van der Waals surface area contributed by atoms with Gasteiger partial charge in [-0.05, 0) is 19.3 Å². The predicted octanol–water partition coefficient (Wildman–Crippen LogP) is -0.573. The second-order valence-electron chi connectivity index (χ2n) is 4.84. The van der Waals surface area contributed by atoms with Crippen molar-refractivity contribution in [3.8, 4) is 0 Å². The quantitative estimate of drug-likeness (QED) is 0.676. The van der Waals surface area contributed by atoms with E-state index in [4.69, 9.17) is 15.6 Å². The van der Waals surface area contributed by atoms with Crippen molar-refractivity contribution < 1.29 is 19.4 Å². The summed E-state index contributed by atoms with van der Waals surface area (Å²) in [6, 6.07) is 0. The number of aliphatic carboxylic acids is 1. The van der Waals surface area contributed by atoms with Crippen LogP contribution < -0.4 is 5.73 Å². The van der Waals surface area contributed by atoms with Crippen molar-refractivity contribution in [3.63, 3.8) is 0 Å². The van der Waals surface area contributed by atoms with E-state index in [2.05, 4.69) is 0 Å². The highest BCUT2D eigenvalue weighted by Crippen LogP contribution is 2.24. The number of hydrogen-bond acceptors (Lipinski definition) is 4. The van der Waals surface area contributed by atoms with Gasteiger partial charge in [0, 0.05) is 26.3 Å². The number of amides is 1. The molecule has 17 heavy (non-hydrogen) atoms. The molecular formula is C11H18N2O4. The molecule has 0 aliphatic carbocycles. The molecule has 0 spiro atoms. The number of likely N-dealkylation sites (tertiary alicyclic amines) is 1. The Morgan fingerprint density at radius 1 is 1.35 bits per heavy atom. The molecule has 1 atom stereocenters. The van der Waals surface area contributed by atoms with Crippen LogP contribution in [0.5, 0.6) is 0 Å². The molecule has 2 heterocycles. The van der Waals surface area contributed by atoms with Gasteiger partial charge in [0.2, 0.25) is 5.91 Å². The zero-order chi connectivity index (χ0) is 12.5. The summed E-state index contributed by atoms with van der Waals surface area (Å²) in [5.41, 5.74) is 5.23. The molecule has 96 valence electrons. The maximum atomic E-state index is 12.2. The largest absolute Gasteiger partial charge is 0.481 e. The number of carboxylic acid groups (broad SMARTS) is 1. The molecule has 2 aliphatic heterocycles. The molecule has 3 N–H and O–H groups in total. The van der Waals surface area contributed by atoms with Crippen molar-refractivity contribution in [1.29, 1.82) is 0 Å². The lowest BCUT2D eigenvalue weighted by atomic mass is 9.90. The first-order chi connectivity index (χ1) is 8.03. The Labute approximate surface area is 99.7 Å². The number of carboxylic acids is 1. The van der Waals surface area contributed by atoms with Crippen LogP contribution in [0, 0.1) is 5.92 Å². The monoisotopic (exact) mass is 242 g/mol. The molecule has 2 rings (SSSR count). The van der Waals surface area contributed by atoms with Gasteiger partial charge in [-0.3, -0.25) is 9.59 Å². The molecule has 2 fully saturated rings. The third-order valence-electron chi connectivity index (χ3n) is 3.64. The highest BCUT2D eigenvalue weighted by atomic mass is 16.5.